The zero-order valence-corrected chi connectivity index (χ0v) is 8.41. The Bertz CT molecular complexity index is 284. The Labute approximate surface area is 82.5 Å². The minimum absolute atomic E-state index is 0.514. The van der Waals surface area contributed by atoms with E-state index in [1.54, 1.807) is 6.07 Å². The first-order valence-electron chi connectivity index (χ1n) is 3.86. The predicted molar refractivity (Wildman–Crippen MR) is 53.7 cm³/mol. The fraction of sp³-hybridized carbons (Fsp3) is 0.333. The van der Waals surface area contributed by atoms with Crippen molar-refractivity contribution >= 4 is 23.2 Å². The summed E-state index contributed by atoms with van der Waals surface area (Å²) in [4.78, 5) is 0. The van der Waals surface area contributed by atoms with E-state index in [1.165, 1.54) is 0 Å². The first-order chi connectivity index (χ1) is 5.70. The maximum atomic E-state index is 5.99. The number of rotatable bonds is 2. The highest BCUT2D eigenvalue weighted by molar-refractivity contribution is 6.42. The number of benzene rings is 1. The third-order valence-corrected chi connectivity index (χ3v) is 2.71. The molecule has 1 nitrogen and oxygen atoms in total. The van der Waals surface area contributed by atoms with Gasteiger partial charge in [-0.05, 0) is 23.6 Å². The summed E-state index contributed by atoms with van der Waals surface area (Å²) in [6.07, 6.45) is 0.867. The smallest absolute Gasteiger partial charge is 0.0627 e. The second-order valence-corrected chi connectivity index (χ2v) is 3.34. The molecule has 0 heterocycles. The first kappa shape index (κ1) is 9.85. The van der Waals surface area contributed by atoms with Crippen LogP contribution < -0.4 is 5.73 Å². The lowest BCUT2D eigenvalue weighted by molar-refractivity contribution is 1.00. The van der Waals surface area contributed by atoms with Crippen molar-refractivity contribution in [2.75, 3.05) is 0 Å². The molecule has 1 aromatic rings. The van der Waals surface area contributed by atoms with Gasteiger partial charge in [0.05, 0.1) is 10.0 Å². The van der Waals surface area contributed by atoms with Crippen LogP contribution in [0.2, 0.25) is 10.0 Å². The summed E-state index contributed by atoms with van der Waals surface area (Å²) in [5.74, 6) is 0. The van der Waals surface area contributed by atoms with Crippen molar-refractivity contribution in [2.24, 2.45) is 5.73 Å². The highest BCUT2D eigenvalue weighted by Gasteiger charge is 2.07. The molecule has 0 aliphatic rings. The van der Waals surface area contributed by atoms with Crippen LogP contribution in [-0.4, -0.2) is 0 Å². The standard InChI is InChI=1S/C9H11Cl2N/c1-2-7-6(5-12)3-4-8(10)9(7)11/h3-4H,2,5,12H2,1H3. The normalized spacial score (nSPS) is 10.3. The Morgan fingerprint density at radius 3 is 2.50 bits per heavy atom. The molecule has 66 valence electrons. The van der Waals surface area contributed by atoms with Gasteiger partial charge in [-0.15, -0.1) is 0 Å². The molecule has 0 radical (unpaired) electrons. The number of halogens is 2. The monoisotopic (exact) mass is 203 g/mol. The lowest BCUT2D eigenvalue weighted by Crippen LogP contribution is -2.01. The van der Waals surface area contributed by atoms with Crippen molar-refractivity contribution < 1.29 is 0 Å². The fourth-order valence-electron chi connectivity index (χ4n) is 1.21. The molecule has 0 bridgehead atoms. The van der Waals surface area contributed by atoms with Crippen LogP contribution in [0.5, 0.6) is 0 Å². The topological polar surface area (TPSA) is 26.0 Å². The number of hydrogen-bond acceptors (Lipinski definition) is 1. The molecule has 1 rings (SSSR count). The number of nitrogens with two attached hydrogens (primary N) is 1. The molecule has 0 saturated heterocycles. The molecule has 1 aromatic carbocycles. The summed E-state index contributed by atoms with van der Waals surface area (Å²) < 4.78 is 0. The van der Waals surface area contributed by atoms with E-state index in [1.807, 2.05) is 13.0 Å². The fourth-order valence-corrected chi connectivity index (χ4v) is 1.70. The van der Waals surface area contributed by atoms with Crippen LogP contribution in [-0.2, 0) is 13.0 Å². The molecule has 0 fully saturated rings. The molecule has 0 aromatic heterocycles. The van der Waals surface area contributed by atoms with Crippen molar-refractivity contribution in [1.29, 1.82) is 0 Å². The van der Waals surface area contributed by atoms with Crippen LogP contribution in [0.25, 0.3) is 0 Å². The number of hydrogen-bond donors (Lipinski definition) is 1. The van der Waals surface area contributed by atoms with Crippen LogP contribution >= 0.6 is 23.2 Å². The molecule has 0 atom stereocenters. The predicted octanol–water partition coefficient (Wildman–Crippen LogP) is 3.01. The van der Waals surface area contributed by atoms with Gasteiger partial charge in [0.25, 0.3) is 0 Å². The van der Waals surface area contributed by atoms with Gasteiger partial charge in [0.15, 0.2) is 0 Å². The SMILES string of the molecule is CCc1c(CN)ccc(Cl)c1Cl. The summed E-state index contributed by atoms with van der Waals surface area (Å²) in [6.45, 7) is 2.55. The molecule has 0 unspecified atom stereocenters. The first-order valence-corrected chi connectivity index (χ1v) is 4.62. The molecule has 0 aliphatic carbocycles. The Morgan fingerprint density at radius 1 is 1.33 bits per heavy atom. The van der Waals surface area contributed by atoms with Crippen LogP contribution in [0.4, 0.5) is 0 Å². The van der Waals surface area contributed by atoms with Crippen molar-refractivity contribution in [3.63, 3.8) is 0 Å². The average molecular weight is 204 g/mol. The van der Waals surface area contributed by atoms with Crippen LogP contribution in [0, 0.1) is 0 Å². The van der Waals surface area contributed by atoms with Gasteiger partial charge < -0.3 is 5.73 Å². The molecular weight excluding hydrogens is 193 g/mol. The Morgan fingerprint density at radius 2 is 2.00 bits per heavy atom. The van der Waals surface area contributed by atoms with E-state index < -0.39 is 0 Å². The van der Waals surface area contributed by atoms with Crippen molar-refractivity contribution in [3.05, 3.63) is 33.3 Å². The minimum Gasteiger partial charge on any atom is -0.326 e. The van der Waals surface area contributed by atoms with Gasteiger partial charge in [-0.3, -0.25) is 0 Å². The zero-order chi connectivity index (χ0) is 9.14. The lowest BCUT2D eigenvalue weighted by Gasteiger charge is -2.08. The van der Waals surface area contributed by atoms with Gasteiger partial charge in [-0.25, -0.2) is 0 Å². The highest BCUT2D eigenvalue weighted by Crippen LogP contribution is 2.28. The summed E-state index contributed by atoms with van der Waals surface area (Å²) >= 11 is 11.8. The van der Waals surface area contributed by atoms with E-state index in [9.17, 15) is 0 Å². The highest BCUT2D eigenvalue weighted by atomic mass is 35.5. The lowest BCUT2D eigenvalue weighted by atomic mass is 10.1. The minimum atomic E-state index is 0.514. The Hall–Kier alpha value is -0.240. The van der Waals surface area contributed by atoms with Gasteiger partial charge in [0.2, 0.25) is 0 Å². The van der Waals surface area contributed by atoms with E-state index in [4.69, 9.17) is 28.9 Å². The third kappa shape index (κ3) is 1.74. The Kier molecular flexibility index (Phi) is 3.39. The van der Waals surface area contributed by atoms with E-state index in [2.05, 4.69) is 0 Å². The van der Waals surface area contributed by atoms with E-state index in [-0.39, 0.29) is 0 Å². The van der Waals surface area contributed by atoms with E-state index in [0.29, 0.717) is 16.6 Å². The summed E-state index contributed by atoms with van der Waals surface area (Å²) in [5, 5.41) is 1.24. The summed E-state index contributed by atoms with van der Waals surface area (Å²) in [6, 6.07) is 3.71. The largest absolute Gasteiger partial charge is 0.326 e. The van der Waals surface area contributed by atoms with Crippen LogP contribution in [0.1, 0.15) is 18.1 Å². The molecule has 2 N–H and O–H groups in total. The third-order valence-electron chi connectivity index (χ3n) is 1.87. The maximum absolute atomic E-state index is 5.99. The van der Waals surface area contributed by atoms with E-state index >= 15 is 0 Å². The second-order valence-electron chi connectivity index (χ2n) is 2.56. The van der Waals surface area contributed by atoms with Crippen LogP contribution in [0.15, 0.2) is 12.1 Å². The summed E-state index contributed by atoms with van der Waals surface area (Å²) in [5.41, 5.74) is 7.68. The maximum Gasteiger partial charge on any atom is 0.0627 e. The molecule has 0 aliphatic heterocycles. The molecule has 12 heavy (non-hydrogen) atoms. The van der Waals surface area contributed by atoms with Gasteiger partial charge >= 0.3 is 0 Å². The second kappa shape index (κ2) is 4.13. The molecule has 0 amide bonds. The van der Waals surface area contributed by atoms with Gasteiger partial charge in [-0.2, -0.15) is 0 Å². The average Bonchev–Trinajstić information content (AvgIpc) is 2.09. The summed E-state index contributed by atoms with van der Waals surface area (Å²) in [7, 11) is 0. The van der Waals surface area contributed by atoms with Crippen molar-refractivity contribution in [2.45, 2.75) is 19.9 Å². The van der Waals surface area contributed by atoms with Gasteiger partial charge in [0, 0.05) is 6.54 Å². The molecule has 0 saturated carbocycles. The van der Waals surface area contributed by atoms with Crippen molar-refractivity contribution in [1.82, 2.24) is 0 Å². The van der Waals surface area contributed by atoms with Crippen molar-refractivity contribution in [3.8, 4) is 0 Å². The molecular formula is C9H11Cl2N. The van der Waals surface area contributed by atoms with E-state index in [0.717, 1.165) is 17.5 Å². The Balaban J connectivity index is 3.25. The van der Waals surface area contributed by atoms with Gasteiger partial charge in [0.1, 0.15) is 0 Å². The quantitative estimate of drug-likeness (QED) is 0.787. The molecule has 0 spiro atoms. The van der Waals surface area contributed by atoms with Crippen LogP contribution in [0.3, 0.4) is 0 Å². The van der Waals surface area contributed by atoms with Gasteiger partial charge in [-0.1, -0.05) is 36.2 Å². The molecule has 3 heteroatoms. The zero-order valence-electron chi connectivity index (χ0n) is 6.90.